The van der Waals surface area contributed by atoms with E-state index < -0.39 is 0 Å². The zero-order chi connectivity index (χ0) is 13.7. The molecule has 0 saturated carbocycles. The van der Waals surface area contributed by atoms with Crippen LogP contribution in [-0.2, 0) is 11.2 Å². The summed E-state index contributed by atoms with van der Waals surface area (Å²) in [5.74, 6) is 0.260. The molecule has 0 atom stereocenters. The summed E-state index contributed by atoms with van der Waals surface area (Å²) in [5.41, 5.74) is 2.26. The van der Waals surface area contributed by atoms with E-state index in [1.165, 1.54) is 5.56 Å². The number of halogens is 1. The third-order valence-electron chi connectivity index (χ3n) is 3.54. The monoisotopic (exact) mass is 280 g/mol. The van der Waals surface area contributed by atoms with Crippen LogP contribution in [0.25, 0.3) is 0 Å². The van der Waals surface area contributed by atoms with Crippen LogP contribution >= 0.6 is 11.6 Å². The molecule has 1 N–H and O–H groups in total. The summed E-state index contributed by atoms with van der Waals surface area (Å²) in [6.45, 7) is 5.63. The van der Waals surface area contributed by atoms with E-state index >= 15 is 0 Å². The number of hydrogen-bond donors (Lipinski definition) is 1. The predicted octanol–water partition coefficient (Wildman–Crippen LogP) is 2.40. The Labute approximate surface area is 119 Å². The molecule has 1 saturated heterocycles. The first-order valence-electron chi connectivity index (χ1n) is 6.90. The second kappa shape index (κ2) is 6.92. The van der Waals surface area contributed by atoms with E-state index in [1.54, 1.807) is 0 Å². The van der Waals surface area contributed by atoms with Gasteiger partial charge in [-0.2, -0.15) is 0 Å². The average Bonchev–Trinajstić information content (AvgIpc) is 2.69. The SMILES string of the molecule is Cc1cc(CCC(=O)N2CCCNCC2)ccc1Cl. The summed E-state index contributed by atoms with van der Waals surface area (Å²) in [6, 6.07) is 5.98. The molecule has 0 unspecified atom stereocenters. The molecule has 0 aromatic heterocycles. The van der Waals surface area contributed by atoms with Crippen LogP contribution in [0.4, 0.5) is 0 Å². The fourth-order valence-corrected chi connectivity index (χ4v) is 2.48. The van der Waals surface area contributed by atoms with E-state index in [1.807, 2.05) is 24.0 Å². The summed E-state index contributed by atoms with van der Waals surface area (Å²) >= 11 is 6.00. The van der Waals surface area contributed by atoms with Gasteiger partial charge in [0.1, 0.15) is 0 Å². The number of carbonyl (C=O) groups is 1. The number of hydrogen-bond acceptors (Lipinski definition) is 2. The molecule has 0 spiro atoms. The van der Waals surface area contributed by atoms with Gasteiger partial charge >= 0.3 is 0 Å². The molecule has 1 aromatic carbocycles. The van der Waals surface area contributed by atoms with Crippen LogP contribution in [0.15, 0.2) is 18.2 Å². The Kier molecular flexibility index (Phi) is 5.23. The van der Waals surface area contributed by atoms with Crippen molar-refractivity contribution in [1.82, 2.24) is 10.2 Å². The molecule has 1 aromatic rings. The Hall–Kier alpha value is -1.06. The largest absolute Gasteiger partial charge is 0.341 e. The van der Waals surface area contributed by atoms with E-state index in [-0.39, 0.29) is 5.91 Å². The van der Waals surface area contributed by atoms with Crippen LogP contribution in [0.1, 0.15) is 24.0 Å². The van der Waals surface area contributed by atoms with Crippen LogP contribution in [0.2, 0.25) is 5.02 Å². The fraction of sp³-hybridized carbons (Fsp3) is 0.533. The van der Waals surface area contributed by atoms with Gasteiger partial charge < -0.3 is 10.2 Å². The molecule has 1 aliphatic heterocycles. The molecule has 1 heterocycles. The Morgan fingerprint density at radius 1 is 1.37 bits per heavy atom. The molecule has 104 valence electrons. The second-order valence-electron chi connectivity index (χ2n) is 5.07. The number of carbonyl (C=O) groups excluding carboxylic acids is 1. The Morgan fingerprint density at radius 3 is 3.00 bits per heavy atom. The smallest absolute Gasteiger partial charge is 0.222 e. The minimum Gasteiger partial charge on any atom is -0.341 e. The molecule has 2 rings (SSSR count). The van der Waals surface area contributed by atoms with Crippen molar-refractivity contribution in [3.8, 4) is 0 Å². The van der Waals surface area contributed by atoms with Crippen molar-refractivity contribution in [1.29, 1.82) is 0 Å². The van der Waals surface area contributed by atoms with Gasteiger partial charge in [0.05, 0.1) is 0 Å². The van der Waals surface area contributed by atoms with Crippen molar-refractivity contribution in [3.05, 3.63) is 34.3 Å². The highest BCUT2D eigenvalue weighted by Gasteiger charge is 2.14. The van der Waals surface area contributed by atoms with Crippen LogP contribution in [0.5, 0.6) is 0 Å². The lowest BCUT2D eigenvalue weighted by molar-refractivity contribution is -0.130. The molecule has 0 bridgehead atoms. The van der Waals surface area contributed by atoms with Gasteiger partial charge in [-0.25, -0.2) is 0 Å². The highest BCUT2D eigenvalue weighted by molar-refractivity contribution is 6.31. The Balaban J connectivity index is 1.86. The van der Waals surface area contributed by atoms with E-state index in [2.05, 4.69) is 11.4 Å². The maximum atomic E-state index is 12.1. The molecule has 0 radical (unpaired) electrons. The maximum Gasteiger partial charge on any atom is 0.222 e. The van der Waals surface area contributed by atoms with E-state index in [0.717, 1.165) is 49.6 Å². The highest BCUT2D eigenvalue weighted by Crippen LogP contribution is 2.17. The standard InChI is InChI=1S/C15H21ClN2O/c1-12-11-13(3-5-14(12)16)4-6-15(19)18-9-2-7-17-8-10-18/h3,5,11,17H,2,4,6-10H2,1H3. The summed E-state index contributed by atoms with van der Waals surface area (Å²) < 4.78 is 0. The van der Waals surface area contributed by atoms with Crippen molar-refractivity contribution >= 4 is 17.5 Å². The number of nitrogens with zero attached hydrogens (tertiary/aromatic N) is 1. The van der Waals surface area contributed by atoms with Crippen LogP contribution in [-0.4, -0.2) is 37.0 Å². The third kappa shape index (κ3) is 4.22. The van der Waals surface area contributed by atoms with Crippen LogP contribution in [0.3, 0.4) is 0 Å². The molecule has 0 aliphatic carbocycles. The minimum absolute atomic E-state index is 0.260. The van der Waals surface area contributed by atoms with Crippen molar-refractivity contribution in [2.75, 3.05) is 26.2 Å². The number of nitrogens with one attached hydrogen (secondary N) is 1. The Morgan fingerprint density at radius 2 is 2.21 bits per heavy atom. The molecule has 4 heteroatoms. The second-order valence-corrected chi connectivity index (χ2v) is 5.48. The van der Waals surface area contributed by atoms with E-state index in [4.69, 9.17) is 11.6 Å². The third-order valence-corrected chi connectivity index (χ3v) is 3.97. The zero-order valence-corrected chi connectivity index (χ0v) is 12.2. The van der Waals surface area contributed by atoms with Gasteiger partial charge in [-0.05, 0) is 43.5 Å². The zero-order valence-electron chi connectivity index (χ0n) is 11.4. The summed E-state index contributed by atoms with van der Waals surface area (Å²) in [7, 11) is 0. The van der Waals surface area contributed by atoms with E-state index in [0.29, 0.717) is 6.42 Å². The molecule has 3 nitrogen and oxygen atoms in total. The van der Waals surface area contributed by atoms with E-state index in [9.17, 15) is 4.79 Å². The molecule has 1 aliphatic rings. The number of aryl methyl sites for hydroxylation is 2. The van der Waals surface area contributed by atoms with Gasteiger partial charge in [0.25, 0.3) is 0 Å². The normalized spacial score (nSPS) is 16.2. The summed E-state index contributed by atoms with van der Waals surface area (Å²) in [6.07, 6.45) is 2.42. The first-order valence-corrected chi connectivity index (χ1v) is 7.28. The van der Waals surface area contributed by atoms with Gasteiger partial charge in [0, 0.05) is 31.1 Å². The van der Waals surface area contributed by atoms with Gasteiger partial charge in [0.2, 0.25) is 5.91 Å². The fourth-order valence-electron chi connectivity index (χ4n) is 2.37. The van der Waals surface area contributed by atoms with Crippen molar-refractivity contribution in [2.24, 2.45) is 0 Å². The van der Waals surface area contributed by atoms with Gasteiger partial charge in [-0.1, -0.05) is 23.7 Å². The first kappa shape index (κ1) is 14.4. The lowest BCUT2D eigenvalue weighted by Gasteiger charge is -2.19. The molecule has 1 fully saturated rings. The average molecular weight is 281 g/mol. The number of amides is 1. The Bertz CT molecular complexity index is 440. The number of rotatable bonds is 3. The topological polar surface area (TPSA) is 32.3 Å². The molecule has 1 amide bonds. The van der Waals surface area contributed by atoms with Crippen molar-refractivity contribution in [2.45, 2.75) is 26.2 Å². The van der Waals surface area contributed by atoms with Crippen molar-refractivity contribution in [3.63, 3.8) is 0 Å². The number of benzene rings is 1. The first-order chi connectivity index (χ1) is 9.16. The quantitative estimate of drug-likeness (QED) is 0.922. The minimum atomic E-state index is 0.260. The summed E-state index contributed by atoms with van der Waals surface area (Å²) in [5, 5.41) is 4.10. The van der Waals surface area contributed by atoms with Crippen LogP contribution in [0, 0.1) is 6.92 Å². The van der Waals surface area contributed by atoms with Crippen LogP contribution < -0.4 is 5.32 Å². The van der Waals surface area contributed by atoms with Gasteiger partial charge in [-0.15, -0.1) is 0 Å². The molecular formula is C15H21ClN2O. The maximum absolute atomic E-state index is 12.1. The van der Waals surface area contributed by atoms with Crippen molar-refractivity contribution < 1.29 is 4.79 Å². The van der Waals surface area contributed by atoms with Gasteiger partial charge in [0.15, 0.2) is 0 Å². The van der Waals surface area contributed by atoms with Gasteiger partial charge in [-0.3, -0.25) is 4.79 Å². The summed E-state index contributed by atoms with van der Waals surface area (Å²) in [4.78, 5) is 14.1. The lowest BCUT2D eigenvalue weighted by atomic mass is 10.1. The highest BCUT2D eigenvalue weighted by atomic mass is 35.5. The molecular weight excluding hydrogens is 260 g/mol. The predicted molar refractivity (Wildman–Crippen MR) is 78.6 cm³/mol. The lowest BCUT2D eigenvalue weighted by Crippen LogP contribution is -2.34. The molecule has 19 heavy (non-hydrogen) atoms.